The van der Waals surface area contributed by atoms with Crippen molar-refractivity contribution in [3.8, 4) is 5.75 Å². The summed E-state index contributed by atoms with van der Waals surface area (Å²) in [5, 5.41) is 7.60. The number of ether oxygens (including phenoxy) is 1. The number of nitrogens with zero attached hydrogens (tertiary/aromatic N) is 2. The molecule has 0 amide bonds. The van der Waals surface area contributed by atoms with Crippen molar-refractivity contribution in [1.82, 2.24) is 10.2 Å². The quantitative estimate of drug-likeness (QED) is 0.455. The molecule has 0 bridgehead atoms. The van der Waals surface area contributed by atoms with Gasteiger partial charge >= 0.3 is 0 Å². The molecule has 3 aromatic rings. The topological polar surface area (TPSA) is 27.7 Å². The SMILES string of the molecule is CNCC[C@@H](Oc1ccccc1N1CCC(c2cccs2)(N(C)C)CC1)c1cccs1. The smallest absolute Gasteiger partial charge is 0.143 e. The Bertz CT molecular complexity index is 916. The number of para-hydroxylation sites is 2. The molecule has 0 spiro atoms. The standard InChI is InChI=1S/C25H33N3OS2/c1-26-15-12-22(23-10-6-18-30-23)29-21-9-5-4-8-20(21)28-16-13-25(14-17-28,27(2)3)24-11-7-19-31-24/h4-11,18-19,22,26H,12-17H2,1-3H3/t22-/m1/s1. The normalized spacial score (nSPS) is 17.1. The maximum Gasteiger partial charge on any atom is 0.143 e. The molecule has 4 rings (SSSR count). The van der Waals surface area contributed by atoms with Crippen LogP contribution >= 0.6 is 22.7 Å². The van der Waals surface area contributed by atoms with Gasteiger partial charge in [0.25, 0.3) is 0 Å². The number of piperidine rings is 1. The highest BCUT2D eigenvalue weighted by Gasteiger charge is 2.39. The Labute approximate surface area is 194 Å². The number of hydrogen-bond acceptors (Lipinski definition) is 6. The van der Waals surface area contributed by atoms with Gasteiger partial charge in [-0.3, -0.25) is 4.90 Å². The molecule has 1 N–H and O–H groups in total. The molecule has 0 unspecified atom stereocenters. The molecule has 3 heterocycles. The molecule has 1 fully saturated rings. The van der Waals surface area contributed by atoms with Crippen molar-refractivity contribution in [3.05, 3.63) is 69.0 Å². The maximum atomic E-state index is 6.64. The molecule has 2 aromatic heterocycles. The Balaban J connectivity index is 1.53. The highest BCUT2D eigenvalue weighted by atomic mass is 32.1. The van der Waals surface area contributed by atoms with Crippen LogP contribution in [0.1, 0.15) is 35.1 Å². The average molecular weight is 456 g/mol. The zero-order valence-electron chi connectivity index (χ0n) is 18.7. The summed E-state index contributed by atoms with van der Waals surface area (Å²) in [4.78, 5) is 7.69. The Morgan fingerprint density at radius 1 is 1.03 bits per heavy atom. The van der Waals surface area contributed by atoms with Gasteiger partial charge in [0.05, 0.1) is 11.2 Å². The molecular formula is C25H33N3OS2. The van der Waals surface area contributed by atoms with Gasteiger partial charge in [0.1, 0.15) is 11.9 Å². The lowest BCUT2D eigenvalue weighted by atomic mass is 9.84. The van der Waals surface area contributed by atoms with Gasteiger partial charge in [0.2, 0.25) is 0 Å². The molecule has 1 aliphatic heterocycles. The highest BCUT2D eigenvalue weighted by Crippen LogP contribution is 2.42. The molecule has 0 aliphatic carbocycles. The molecule has 166 valence electrons. The van der Waals surface area contributed by atoms with Gasteiger partial charge in [-0.25, -0.2) is 0 Å². The summed E-state index contributed by atoms with van der Waals surface area (Å²) in [7, 11) is 6.44. The summed E-state index contributed by atoms with van der Waals surface area (Å²) in [6.07, 6.45) is 3.25. The lowest BCUT2D eigenvalue weighted by Crippen LogP contribution is -2.50. The Hall–Kier alpha value is -1.86. The largest absolute Gasteiger partial charge is 0.483 e. The first-order valence-corrected chi connectivity index (χ1v) is 12.8. The Morgan fingerprint density at radius 3 is 2.42 bits per heavy atom. The second-order valence-electron chi connectivity index (χ2n) is 8.37. The molecule has 4 nitrogen and oxygen atoms in total. The number of hydrogen-bond donors (Lipinski definition) is 1. The minimum absolute atomic E-state index is 0.0744. The first-order chi connectivity index (χ1) is 15.1. The van der Waals surface area contributed by atoms with Gasteiger partial charge in [0.15, 0.2) is 0 Å². The fourth-order valence-electron chi connectivity index (χ4n) is 4.56. The summed E-state index contributed by atoms with van der Waals surface area (Å²) in [6, 6.07) is 17.3. The van der Waals surface area contributed by atoms with E-state index in [0.29, 0.717) is 0 Å². The first-order valence-electron chi connectivity index (χ1n) is 11.0. The van der Waals surface area contributed by atoms with E-state index < -0.39 is 0 Å². The van der Waals surface area contributed by atoms with Gasteiger partial charge in [-0.2, -0.15) is 0 Å². The van der Waals surface area contributed by atoms with Crippen molar-refractivity contribution >= 4 is 28.4 Å². The van der Waals surface area contributed by atoms with Crippen LogP contribution in [0.15, 0.2) is 59.3 Å². The zero-order chi connectivity index (χ0) is 21.7. The van der Waals surface area contributed by atoms with E-state index >= 15 is 0 Å². The zero-order valence-corrected chi connectivity index (χ0v) is 20.3. The molecule has 0 saturated carbocycles. The van der Waals surface area contributed by atoms with Gasteiger partial charge in [0, 0.05) is 29.3 Å². The van der Waals surface area contributed by atoms with Crippen LogP contribution in [0.25, 0.3) is 0 Å². The maximum absolute atomic E-state index is 6.64. The van der Waals surface area contributed by atoms with E-state index in [1.165, 1.54) is 15.4 Å². The third-order valence-corrected chi connectivity index (χ3v) is 8.45. The predicted molar refractivity (Wildman–Crippen MR) is 134 cm³/mol. The van der Waals surface area contributed by atoms with Crippen molar-refractivity contribution < 1.29 is 4.74 Å². The third-order valence-electron chi connectivity index (χ3n) is 6.42. The summed E-state index contributed by atoms with van der Waals surface area (Å²) >= 11 is 3.65. The lowest BCUT2D eigenvalue weighted by molar-refractivity contribution is 0.119. The number of rotatable bonds is 9. The molecule has 1 aromatic carbocycles. The molecule has 0 radical (unpaired) electrons. The van der Waals surface area contributed by atoms with Crippen molar-refractivity contribution in [2.75, 3.05) is 45.7 Å². The van der Waals surface area contributed by atoms with Gasteiger partial charge < -0.3 is 15.0 Å². The summed E-state index contributed by atoms with van der Waals surface area (Å²) < 4.78 is 6.64. The van der Waals surface area contributed by atoms with E-state index in [1.54, 1.807) is 11.3 Å². The van der Waals surface area contributed by atoms with Gasteiger partial charge in [-0.05, 0) is 75.6 Å². The van der Waals surface area contributed by atoms with Crippen LogP contribution in [0, 0.1) is 0 Å². The number of thiophene rings is 2. The minimum Gasteiger partial charge on any atom is -0.483 e. The third kappa shape index (κ3) is 4.82. The summed E-state index contributed by atoms with van der Waals surface area (Å²) in [5.74, 6) is 0.991. The molecule has 1 aliphatic rings. The van der Waals surface area contributed by atoms with Crippen LogP contribution in [0.4, 0.5) is 5.69 Å². The summed E-state index contributed by atoms with van der Waals surface area (Å²) in [5.41, 5.74) is 1.35. The van der Waals surface area contributed by atoms with Crippen molar-refractivity contribution in [1.29, 1.82) is 0 Å². The fourth-order valence-corrected chi connectivity index (χ4v) is 6.41. The van der Waals surface area contributed by atoms with Crippen molar-refractivity contribution in [3.63, 3.8) is 0 Å². The van der Waals surface area contributed by atoms with Crippen molar-refractivity contribution in [2.45, 2.75) is 30.9 Å². The monoisotopic (exact) mass is 455 g/mol. The Kier molecular flexibility index (Phi) is 7.33. The van der Waals surface area contributed by atoms with Crippen LogP contribution in [0.2, 0.25) is 0 Å². The number of anilines is 1. The highest BCUT2D eigenvalue weighted by molar-refractivity contribution is 7.10. The lowest BCUT2D eigenvalue weighted by Gasteiger charge is -2.46. The van der Waals surface area contributed by atoms with E-state index in [2.05, 4.69) is 88.5 Å². The van der Waals surface area contributed by atoms with Gasteiger partial charge in [-0.15, -0.1) is 22.7 Å². The average Bonchev–Trinajstić information content (AvgIpc) is 3.52. The van der Waals surface area contributed by atoms with E-state index in [1.807, 2.05) is 18.4 Å². The van der Waals surface area contributed by atoms with E-state index in [4.69, 9.17) is 4.74 Å². The van der Waals surface area contributed by atoms with Crippen LogP contribution in [0.5, 0.6) is 5.75 Å². The van der Waals surface area contributed by atoms with Crippen molar-refractivity contribution in [2.24, 2.45) is 0 Å². The molecule has 1 atom stereocenters. The van der Waals surface area contributed by atoms with Crippen LogP contribution in [0.3, 0.4) is 0 Å². The predicted octanol–water partition coefficient (Wildman–Crippen LogP) is 5.60. The van der Waals surface area contributed by atoms with E-state index in [-0.39, 0.29) is 11.6 Å². The number of nitrogens with one attached hydrogen (secondary N) is 1. The van der Waals surface area contributed by atoms with E-state index in [9.17, 15) is 0 Å². The van der Waals surface area contributed by atoms with Crippen LogP contribution < -0.4 is 15.0 Å². The molecule has 1 saturated heterocycles. The molecular weight excluding hydrogens is 422 g/mol. The minimum atomic E-state index is 0.0744. The van der Waals surface area contributed by atoms with Crippen LogP contribution in [-0.2, 0) is 5.54 Å². The first kappa shape index (κ1) is 22.3. The molecule has 6 heteroatoms. The Morgan fingerprint density at radius 2 is 1.77 bits per heavy atom. The van der Waals surface area contributed by atoms with Gasteiger partial charge in [-0.1, -0.05) is 24.3 Å². The number of benzene rings is 1. The second kappa shape index (κ2) is 10.2. The second-order valence-corrected chi connectivity index (χ2v) is 10.3. The summed E-state index contributed by atoms with van der Waals surface area (Å²) in [6.45, 7) is 2.98. The molecule has 31 heavy (non-hydrogen) atoms. The van der Waals surface area contributed by atoms with Crippen LogP contribution in [-0.4, -0.2) is 45.7 Å². The fraction of sp³-hybridized carbons (Fsp3) is 0.440. The van der Waals surface area contributed by atoms with E-state index in [0.717, 1.165) is 44.6 Å².